The van der Waals surface area contributed by atoms with Gasteiger partial charge in [0.2, 0.25) is 0 Å². The first-order valence-electron chi connectivity index (χ1n) is 33.9. The smallest absolute Gasteiger partial charge is 0.104 e. The highest BCUT2D eigenvalue weighted by Crippen LogP contribution is 2.54. The van der Waals surface area contributed by atoms with Gasteiger partial charge < -0.3 is 27.4 Å². The number of aromatic nitrogens is 6. The summed E-state index contributed by atoms with van der Waals surface area (Å²) in [5.74, 6) is 0. The van der Waals surface area contributed by atoms with Gasteiger partial charge in [-0.1, -0.05) is 212 Å². The van der Waals surface area contributed by atoms with Crippen LogP contribution in [0.25, 0.3) is 187 Å². The summed E-state index contributed by atoms with van der Waals surface area (Å²) < 4.78 is 14.7. The predicted molar refractivity (Wildman–Crippen MR) is 413 cm³/mol. The zero-order valence-electron chi connectivity index (χ0n) is 53.8. The number of hydrogen-bond acceptors (Lipinski definition) is 2. The van der Waals surface area contributed by atoms with Crippen LogP contribution in [0.2, 0.25) is 0 Å². The van der Waals surface area contributed by atoms with Gasteiger partial charge in [-0.15, -0.1) is 0 Å². The first kappa shape index (κ1) is 55.4. The highest BCUT2D eigenvalue weighted by atomic mass is 15.1. The fourth-order valence-corrected chi connectivity index (χ4v) is 17.1. The molecule has 0 saturated heterocycles. The van der Waals surface area contributed by atoms with Crippen molar-refractivity contribution in [3.8, 4) is 68.5 Å². The summed E-state index contributed by atoms with van der Waals surface area (Å²) >= 11 is 0. The lowest BCUT2D eigenvalue weighted by atomic mass is 9.94. The highest BCUT2D eigenvalue weighted by Gasteiger charge is 2.34. The molecule has 0 radical (unpaired) electrons. The molecule has 15 aromatic carbocycles. The molecular weight excluding hydrogens is 1220 g/mol. The fourth-order valence-electron chi connectivity index (χ4n) is 17.1. The van der Waals surface area contributed by atoms with Crippen LogP contribution < -0.4 is 0 Å². The van der Waals surface area contributed by atoms with Crippen LogP contribution in [0, 0.1) is 22.7 Å². The molecule has 0 saturated carbocycles. The van der Waals surface area contributed by atoms with E-state index in [0.29, 0.717) is 22.5 Å². The molecule has 0 amide bonds. The molecule has 21 rings (SSSR count). The van der Waals surface area contributed by atoms with E-state index in [9.17, 15) is 10.5 Å². The molecule has 0 aliphatic carbocycles. The minimum absolute atomic E-state index is 0.473. The van der Waals surface area contributed by atoms with Crippen molar-refractivity contribution in [3.05, 3.63) is 339 Å². The standard InChI is InChI=1S/C92H54N8/c93-55-57-50-59(58-28-6-1-7-29-58)52-60(51-57)61-53-79(99-77-48-26-20-42-70(77)85-89-81(66-38-16-22-44-73(66)95(89)62-30-8-2-9-31-62)87-83(91(85)99)68-40-18-24-46-75(68)97(87)64-34-12-4-13-35-64)72(56-94)80(54-61)100-78-49-27-21-43-71(78)86-90-82(67-39-17-23-45-74(67)96(90)63-32-10-3-11-33-63)88-84(92(86)100)69-41-19-25-47-76(69)98(88)65-36-14-5-15-37-65/h1-54H. The minimum atomic E-state index is 0.473. The van der Waals surface area contributed by atoms with Crippen molar-refractivity contribution in [2.75, 3.05) is 0 Å². The molecule has 0 atom stereocenters. The predicted octanol–water partition coefficient (Wildman–Crippen LogP) is 23.3. The lowest BCUT2D eigenvalue weighted by Gasteiger charge is -2.20. The van der Waals surface area contributed by atoms with Gasteiger partial charge in [0.05, 0.1) is 89.2 Å². The van der Waals surface area contributed by atoms with Gasteiger partial charge in [0.25, 0.3) is 0 Å². The highest BCUT2D eigenvalue weighted by molar-refractivity contribution is 6.42. The Morgan fingerprint density at radius 3 is 0.710 bits per heavy atom. The number of benzene rings is 15. The molecule has 6 heterocycles. The van der Waals surface area contributed by atoms with Gasteiger partial charge in [0.1, 0.15) is 11.6 Å². The zero-order valence-corrected chi connectivity index (χ0v) is 53.8. The van der Waals surface area contributed by atoms with Gasteiger partial charge >= 0.3 is 0 Å². The maximum atomic E-state index is 13.1. The van der Waals surface area contributed by atoms with Crippen molar-refractivity contribution in [1.82, 2.24) is 27.4 Å². The first-order chi connectivity index (χ1) is 49.6. The summed E-state index contributed by atoms with van der Waals surface area (Å²) in [4.78, 5) is 0. The molecule has 8 nitrogen and oxygen atoms in total. The Kier molecular flexibility index (Phi) is 11.8. The van der Waals surface area contributed by atoms with E-state index in [1.165, 1.54) is 0 Å². The fraction of sp³-hybridized carbons (Fsp3) is 0. The van der Waals surface area contributed by atoms with Gasteiger partial charge in [-0.3, -0.25) is 0 Å². The largest absolute Gasteiger partial charge is 0.308 e. The number of para-hydroxylation sites is 10. The molecule has 21 aromatic rings. The van der Waals surface area contributed by atoms with E-state index < -0.39 is 0 Å². The number of hydrogen-bond donors (Lipinski definition) is 0. The van der Waals surface area contributed by atoms with E-state index in [2.05, 4.69) is 337 Å². The van der Waals surface area contributed by atoms with Crippen LogP contribution in [-0.4, -0.2) is 27.4 Å². The third kappa shape index (κ3) is 7.61. The molecule has 0 bridgehead atoms. The first-order valence-corrected chi connectivity index (χ1v) is 33.9. The average molecular weight is 1270 g/mol. The van der Waals surface area contributed by atoms with Gasteiger partial charge in [-0.25, -0.2) is 0 Å². The van der Waals surface area contributed by atoms with Crippen molar-refractivity contribution in [3.63, 3.8) is 0 Å². The van der Waals surface area contributed by atoms with Gasteiger partial charge in [0.15, 0.2) is 0 Å². The Hall–Kier alpha value is -13.9. The Morgan fingerprint density at radius 1 is 0.200 bits per heavy atom. The van der Waals surface area contributed by atoms with Crippen LogP contribution in [0.3, 0.4) is 0 Å². The second-order valence-corrected chi connectivity index (χ2v) is 26.1. The summed E-state index contributed by atoms with van der Waals surface area (Å²) in [6.07, 6.45) is 0. The molecule has 0 spiro atoms. The van der Waals surface area contributed by atoms with E-state index >= 15 is 0 Å². The van der Waals surface area contributed by atoms with Crippen LogP contribution in [0.5, 0.6) is 0 Å². The lowest BCUT2D eigenvalue weighted by molar-refractivity contribution is 1.12. The van der Waals surface area contributed by atoms with Gasteiger partial charge in [0, 0.05) is 87.4 Å². The van der Waals surface area contributed by atoms with Crippen LogP contribution in [-0.2, 0) is 0 Å². The van der Waals surface area contributed by atoms with E-state index in [1.54, 1.807) is 0 Å². The maximum absolute atomic E-state index is 13.1. The molecule has 0 unspecified atom stereocenters. The maximum Gasteiger partial charge on any atom is 0.104 e. The van der Waals surface area contributed by atoms with Crippen molar-refractivity contribution in [2.24, 2.45) is 0 Å². The number of fused-ring (bicyclic) bond motifs is 24. The third-order valence-electron chi connectivity index (χ3n) is 20.9. The molecule has 0 aliphatic rings. The van der Waals surface area contributed by atoms with Crippen molar-refractivity contribution < 1.29 is 0 Å². The summed E-state index contributed by atoms with van der Waals surface area (Å²) in [6, 6.07) is 123. The molecular formula is C92H54N8. The lowest BCUT2D eigenvalue weighted by Crippen LogP contribution is -2.06. The molecule has 0 aliphatic heterocycles. The number of nitrogens with zero attached hydrogens (tertiary/aromatic N) is 8. The van der Waals surface area contributed by atoms with Crippen molar-refractivity contribution >= 4 is 131 Å². The Balaban J connectivity index is 1.02. The van der Waals surface area contributed by atoms with E-state index in [1.807, 2.05) is 30.3 Å². The van der Waals surface area contributed by atoms with Gasteiger partial charge in [-0.05, 0) is 138 Å². The van der Waals surface area contributed by atoms with Crippen molar-refractivity contribution in [2.45, 2.75) is 0 Å². The summed E-state index contributed by atoms with van der Waals surface area (Å²) in [6.45, 7) is 0. The molecule has 462 valence electrons. The topological polar surface area (TPSA) is 77.2 Å². The monoisotopic (exact) mass is 1270 g/mol. The Bertz CT molecular complexity index is 6620. The second-order valence-electron chi connectivity index (χ2n) is 26.1. The SMILES string of the molecule is N#Cc1cc(-c2ccccc2)cc(-c2cc(-n3c4ccccc4c4c5c(c6ccccc6n5-c5ccccc5)c5c(c6ccccc6n5-c5ccccc5)c43)c(C#N)c(-n3c4ccccc4c4c5c(c6ccccc6n5-c5ccccc5)c5c(c6ccccc6n5-c5ccccc5)c43)c2)c1. The van der Waals surface area contributed by atoms with Crippen LogP contribution in [0.1, 0.15) is 11.1 Å². The minimum Gasteiger partial charge on any atom is -0.308 e. The summed E-state index contributed by atoms with van der Waals surface area (Å²) in [7, 11) is 0. The normalized spacial score (nSPS) is 12.0. The molecule has 100 heavy (non-hydrogen) atoms. The van der Waals surface area contributed by atoms with E-state index in [0.717, 1.165) is 176 Å². The average Bonchev–Trinajstić information content (AvgIpc) is 1.51. The van der Waals surface area contributed by atoms with E-state index in [4.69, 9.17) is 0 Å². The summed E-state index contributed by atoms with van der Waals surface area (Å²) in [5.41, 5.74) is 22.4. The third-order valence-corrected chi connectivity index (χ3v) is 20.9. The second kappa shape index (κ2) is 21.3. The number of rotatable bonds is 8. The molecule has 0 fully saturated rings. The van der Waals surface area contributed by atoms with Crippen LogP contribution in [0.15, 0.2) is 328 Å². The zero-order chi connectivity index (χ0) is 65.8. The van der Waals surface area contributed by atoms with Crippen LogP contribution in [0.4, 0.5) is 0 Å². The van der Waals surface area contributed by atoms with E-state index in [-0.39, 0.29) is 0 Å². The quantitative estimate of drug-likeness (QED) is 0.152. The Morgan fingerprint density at radius 2 is 0.430 bits per heavy atom. The van der Waals surface area contributed by atoms with Crippen LogP contribution >= 0.6 is 0 Å². The molecule has 0 N–H and O–H groups in total. The van der Waals surface area contributed by atoms with Gasteiger partial charge in [-0.2, -0.15) is 10.5 Å². The number of nitriles is 2. The molecule has 8 heteroatoms. The van der Waals surface area contributed by atoms with Crippen molar-refractivity contribution in [1.29, 1.82) is 10.5 Å². The summed E-state index contributed by atoms with van der Waals surface area (Å²) in [5, 5.41) is 37.2. The Labute approximate surface area is 572 Å². The molecule has 6 aromatic heterocycles.